The number of phenols is 3. The molecule has 0 unspecified atom stereocenters. The van der Waals surface area contributed by atoms with E-state index in [0.29, 0.717) is 36.0 Å². The molecule has 3 aromatic carbocycles. The number of benzene rings is 3. The first kappa shape index (κ1) is 25.0. The van der Waals surface area contributed by atoms with Crippen LogP contribution in [0.4, 0.5) is 0 Å². The summed E-state index contributed by atoms with van der Waals surface area (Å²) in [4.78, 5) is 0. The second-order valence-corrected chi connectivity index (χ2v) is 8.33. The minimum absolute atomic E-state index is 0.123. The molecule has 4 rings (SSSR count). The summed E-state index contributed by atoms with van der Waals surface area (Å²) in [5, 5.41) is 32.6. The number of aromatic hydroxyl groups is 3. The zero-order valence-corrected chi connectivity index (χ0v) is 21.1. The molecule has 9 nitrogen and oxygen atoms in total. The third-order valence-corrected chi connectivity index (χ3v) is 6.62. The average Bonchev–Trinajstić information content (AvgIpc) is 2.94. The fourth-order valence-electron chi connectivity index (χ4n) is 4.90. The third-order valence-electron chi connectivity index (χ3n) is 6.62. The number of fused-ring (bicyclic) bond motifs is 3. The quantitative estimate of drug-likeness (QED) is 0.363. The molecule has 0 bridgehead atoms. The van der Waals surface area contributed by atoms with Crippen LogP contribution in [0.15, 0.2) is 18.2 Å². The van der Waals surface area contributed by atoms with Gasteiger partial charge in [0.05, 0.1) is 42.7 Å². The summed E-state index contributed by atoms with van der Waals surface area (Å²) in [7, 11) is 8.84. The lowest BCUT2D eigenvalue weighted by Crippen LogP contribution is -2.05. The smallest absolute Gasteiger partial charge is 0.201 e. The van der Waals surface area contributed by atoms with E-state index in [-0.39, 0.29) is 51.7 Å². The van der Waals surface area contributed by atoms with E-state index in [1.807, 2.05) is 0 Å². The Labute approximate surface area is 209 Å². The normalized spacial score (nSPS) is 12.2. The molecule has 192 valence electrons. The van der Waals surface area contributed by atoms with Gasteiger partial charge < -0.3 is 43.7 Å². The summed E-state index contributed by atoms with van der Waals surface area (Å²) >= 11 is 0. The number of phenolic OH excluding ortho intramolecular Hbond substituents is 3. The predicted molar refractivity (Wildman–Crippen MR) is 132 cm³/mol. The van der Waals surface area contributed by atoms with Gasteiger partial charge in [0.2, 0.25) is 17.2 Å². The first-order valence-corrected chi connectivity index (χ1v) is 11.2. The van der Waals surface area contributed by atoms with Crippen molar-refractivity contribution >= 4 is 0 Å². The predicted octanol–water partition coefficient (Wildman–Crippen LogP) is 3.94. The van der Waals surface area contributed by atoms with Crippen LogP contribution >= 0.6 is 0 Å². The Bertz CT molecular complexity index is 1150. The van der Waals surface area contributed by atoms with Gasteiger partial charge in [-0.1, -0.05) is 0 Å². The van der Waals surface area contributed by atoms with E-state index in [1.165, 1.54) is 42.7 Å². The number of rotatable bonds is 6. The van der Waals surface area contributed by atoms with Crippen LogP contribution in [0.1, 0.15) is 33.4 Å². The van der Waals surface area contributed by atoms with Crippen LogP contribution in [0.25, 0.3) is 0 Å². The van der Waals surface area contributed by atoms with E-state index in [9.17, 15) is 15.3 Å². The van der Waals surface area contributed by atoms with Crippen molar-refractivity contribution in [2.24, 2.45) is 0 Å². The first-order chi connectivity index (χ1) is 17.3. The summed E-state index contributed by atoms with van der Waals surface area (Å²) in [6.45, 7) is 0. The fraction of sp³-hybridized carbons (Fsp3) is 0.333. The minimum atomic E-state index is -0.123. The lowest BCUT2D eigenvalue weighted by Gasteiger charge is -2.20. The van der Waals surface area contributed by atoms with Crippen molar-refractivity contribution in [3.63, 3.8) is 0 Å². The SMILES string of the molecule is COc1cc2c(c(OC)c1O)Cc1cc(OC)c(O)c(OC)c1Cc1cc(OC)c(O)c(OC)c1C2. The maximum absolute atomic E-state index is 10.9. The highest BCUT2D eigenvalue weighted by atomic mass is 16.5. The largest absolute Gasteiger partial charge is 0.502 e. The second kappa shape index (κ2) is 9.85. The van der Waals surface area contributed by atoms with Crippen LogP contribution in [0.5, 0.6) is 51.7 Å². The standard InChI is InChI=1S/C27H30O9/c1-31-19-10-13-7-17-15(12-21(33-3)23(29)26(17)35-5)9-18-14(8-16(13)25(34-4)22(19)28)11-20(32-2)24(30)27(18)36-6/h10-12,28-30H,7-9H2,1-6H3. The van der Waals surface area contributed by atoms with Gasteiger partial charge in [0, 0.05) is 36.0 Å². The molecule has 0 radical (unpaired) electrons. The number of methoxy groups -OCH3 is 6. The van der Waals surface area contributed by atoms with Crippen LogP contribution in [-0.4, -0.2) is 58.0 Å². The average molecular weight is 499 g/mol. The molecule has 0 aliphatic heterocycles. The third kappa shape index (κ3) is 3.90. The van der Waals surface area contributed by atoms with Crippen molar-refractivity contribution in [3.8, 4) is 51.7 Å². The van der Waals surface area contributed by atoms with Crippen molar-refractivity contribution < 1.29 is 43.7 Å². The molecule has 36 heavy (non-hydrogen) atoms. The van der Waals surface area contributed by atoms with Gasteiger partial charge in [-0.2, -0.15) is 0 Å². The molecule has 0 spiro atoms. The second-order valence-electron chi connectivity index (χ2n) is 8.33. The van der Waals surface area contributed by atoms with Crippen LogP contribution < -0.4 is 28.4 Å². The molecule has 0 atom stereocenters. The number of hydrogen-bond donors (Lipinski definition) is 3. The van der Waals surface area contributed by atoms with Gasteiger partial charge in [-0.15, -0.1) is 0 Å². The molecule has 0 heterocycles. The minimum Gasteiger partial charge on any atom is -0.502 e. The first-order valence-electron chi connectivity index (χ1n) is 11.2. The Balaban J connectivity index is 2.15. The van der Waals surface area contributed by atoms with E-state index in [2.05, 4.69) is 0 Å². The van der Waals surface area contributed by atoms with Gasteiger partial charge >= 0.3 is 0 Å². The summed E-state index contributed by atoms with van der Waals surface area (Å²) < 4.78 is 33.2. The lowest BCUT2D eigenvalue weighted by molar-refractivity contribution is 0.335. The van der Waals surface area contributed by atoms with Crippen molar-refractivity contribution in [1.29, 1.82) is 0 Å². The topological polar surface area (TPSA) is 116 Å². The Morgan fingerprint density at radius 2 is 0.694 bits per heavy atom. The van der Waals surface area contributed by atoms with E-state index in [4.69, 9.17) is 28.4 Å². The Morgan fingerprint density at radius 3 is 0.889 bits per heavy atom. The molecule has 9 heteroatoms. The van der Waals surface area contributed by atoms with Crippen molar-refractivity contribution in [3.05, 3.63) is 51.6 Å². The van der Waals surface area contributed by atoms with E-state index < -0.39 is 0 Å². The molecular formula is C27H30O9. The maximum Gasteiger partial charge on any atom is 0.201 e. The highest BCUT2D eigenvalue weighted by Crippen LogP contribution is 2.50. The lowest BCUT2D eigenvalue weighted by atomic mass is 9.92. The van der Waals surface area contributed by atoms with Crippen molar-refractivity contribution in [2.75, 3.05) is 42.7 Å². The molecule has 3 N–H and O–H groups in total. The fourth-order valence-corrected chi connectivity index (χ4v) is 4.90. The van der Waals surface area contributed by atoms with Crippen LogP contribution in [-0.2, 0) is 19.3 Å². The molecule has 0 fully saturated rings. The van der Waals surface area contributed by atoms with Gasteiger partial charge in [0.25, 0.3) is 0 Å². The molecule has 1 aliphatic rings. The number of hydrogen-bond acceptors (Lipinski definition) is 9. The number of ether oxygens (including phenoxy) is 6. The van der Waals surface area contributed by atoms with Crippen LogP contribution in [0.2, 0.25) is 0 Å². The van der Waals surface area contributed by atoms with Gasteiger partial charge in [0.15, 0.2) is 34.5 Å². The van der Waals surface area contributed by atoms with Crippen molar-refractivity contribution in [1.82, 2.24) is 0 Å². The Hall–Kier alpha value is -4.14. The monoisotopic (exact) mass is 498 g/mol. The summed E-state index contributed by atoms with van der Waals surface area (Å²) in [5.41, 5.74) is 4.50. The summed E-state index contributed by atoms with van der Waals surface area (Å²) in [6.07, 6.45) is 0.993. The maximum atomic E-state index is 10.9. The molecular weight excluding hydrogens is 468 g/mol. The van der Waals surface area contributed by atoms with E-state index >= 15 is 0 Å². The summed E-state index contributed by atoms with van der Waals surface area (Å²) in [6, 6.07) is 5.24. The van der Waals surface area contributed by atoms with Gasteiger partial charge in [-0.25, -0.2) is 0 Å². The molecule has 3 aromatic rings. The molecule has 1 aliphatic carbocycles. The Kier molecular flexibility index (Phi) is 6.83. The molecule has 0 amide bonds. The van der Waals surface area contributed by atoms with Gasteiger partial charge in [-0.3, -0.25) is 0 Å². The van der Waals surface area contributed by atoms with Gasteiger partial charge in [0.1, 0.15) is 0 Å². The molecule has 0 saturated carbocycles. The van der Waals surface area contributed by atoms with E-state index in [1.54, 1.807) is 18.2 Å². The molecule has 0 saturated heterocycles. The molecule has 0 aromatic heterocycles. The highest BCUT2D eigenvalue weighted by Gasteiger charge is 2.29. The zero-order valence-electron chi connectivity index (χ0n) is 21.1. The Morgan fingerprint density at radius 1 is 0.444 bits per heavy atom. The van der Waals surface area contributed by atoms with Crippen LogP contribution in [0.3, 0.4) is 0 Å². The highest BCUT2D eigenvalue weighted by molar-refractivity contribution is 5.68. The zero-order chi connectivity index (χ0) is 26.1. The summed E-state index contributed by atoms with van der Waals surface area (Å²) in [5.74, 6) is 1.19. The van der Waals surface area contributed by atoms with Crippen LogP contribution in [0, 0.1) is 0 Å². The van der Waals surface area contributed by atoms with Gasteiger partial charge in [-0.05, 0) is 34.9 Å². The van der Waals surface area contributed by atoms with E-state index in [0.717, 1.165) is 16.7 Å². The van der Waals surface area contributed by atoms with Crippen molar-refractivity contribution in [2.45, 2.75) is 19.3 Å².